The van der Waals surface area contributed by atoms with E-state index in [1.54, 1.807) is 0 Å². The minimum atomic E-state index is 0.0218. The lowest BCUT2D eigenvalue weighted by Crippen LogP contribution is -2.40. The van der Waals surface area contributed by atoms with Crippen LogP contribution < -0.4 is 0 Å². The smallest absolute Gasteiger partial charge is 0.274 e. The molecule has 0 unspecified atom stereocenters. The van der Waals surface area contributed by atoms with Crippen LogP contribution in [0.25, 0.3) is 0 Å². The third kappa shape index (κ3) is 2.87. The van der Waals surface area contributed by atoms with Crippen molar-refractivity contribution in [3.05, 3.63) is 17.5 Å². The molecule has 1 aliphatic heterocycles. The lowest BCUT2D eigenvalue weighted by atomic mass is 10.1. The fraction of sp³-hybridized carbons (Fsp3) is 0.733. The molecule has 0 aromatic carbocycles. The number of rotatable bonds is 4. The molecular formula is C15H23N3O2. The molecule has 1 saturated heterocycles. The molecule has 2 heterocycles. The van der Waals surface area contributed by atoms with Crippen LogP contribution in [-0.4, -0.2) is 45.3 Å². The number of aliphatic hydroxyl groups excluding tert-OH is 1. The first-order valence-corrected chi connectivity index (χ1v) is 7.76. The standard InChI is InChI=1S/C15H23N3O2/c19-9-7-12-4-2-1-3-8-18(12)15(20)14-10-13(16-17-14)11-5-6-11/h10-12,19H,1-9H2,(H,16,17)/t12-/m1/s1. The maximum atomic E-state index is 12.7. The predicted molar refractivity (Wildman–Crippen MR) is 75.6 cm³/mol. The second-order valence-electron chi connectivity index (χ2n) is 6.00. The van der Waals surface area contributed by atoms with E-state index in [0.717, 1.165) is 31.5 Å². The van der Waals surface area contributed by atoms with Crippen molar-refractivity contribution in [3.63, 3.8) is 0 Å². The SMILES string of the molecule is O=C(c1cc(C2CC2)[nH]n1)N1CCCCC[C@@H]1CCO. The van der Waals surface area contributed by atoms with Crippen LogP contribution >= 0.6 is 0 Å². The molecule has 20 heavy (non-hydrogen) atoms. The van der Waals surface area contributed by atoms with Crippen LogP contribution in [0.15, 0.2) is 6.07 Å². The third-order valence-corrected chi connectivity index (χ3v) is 4.43. The van der Waals surface area contributed by atoms with E-state index in [1.165, 1.54) is 19.3 Å². The molecule has 1 aromatic heterocycles. The van der Waals surface area contributed by atoms with Crippen molar-refractivity contribution in [2.24, 2.45) is 0 Å². The number of nitrogens with zero attached hydrogens (tertiary/aromatic N) is 2. The van der Waals surface area contributed by atoms with E-state index < -0.39 is 0 Å². The number of likely N-dealkylation sites (tertiary alicyclic amines) is 1. The molecule has 0 radical (unpaired) electrons. The van der Waals surface area contributed by atoms with Crippen LogP contribution in [0, 0.1) is 0 Å². The molecule has 110 valence electrons. The van der Waals surface area contributed by atoms with Crippen molar-refractivity contribution in [2.75, 3.05) is 13.2 Å². The Morgan fingerprint density at radius 2 is 2.20 bits per heavy atom. The number of aromatic nitrogens is 2. The van der Waals surface area contributed by atoms with Crippen LogP contribution in [0.1, 0.15) is 67.0 Å². The van der Waals surface area contributed by atoms with E-state index in [4.69, 9.17) is 0 Å². The van der Waals surface area contributed by atoms with E-state index in [-0.39, 0.29) is 18.6 Å². The second-order valence-corrected chi connectivity index (χ2v) is 6.00. The van der Waals surface area contributed by atoms with E-state index in [2.05, 4.69) is 10.2 Å². The van der Waals surface area contributed by atoms with Gasteiger partial charge in [0, 0.05) is 30.8 Å². The highest BCUT2D eigenvalue weighted by Crippen LogP contribution is 2.39. The molecule has 1 atom stereocenters. The zero-order valence-electron chi connectivity index (χ0n) is 11.8. The topological polar surface area (TPSA) is 69.2 Å². The molecule has 5 heteroatoms. The quantitative estimate of drug-likeness (QED) is 0.885. The van der Waals surface area contributed by atoms with Gasteiger partial charge in [-0.3, -0.25) is 9.89 Å². The second kappa shape index (κ2) is 5.95. The minimum Gasteiger partial charge on any atom is -0.396 e. The van der Waals surface area contributed by atoms with Gasteiger partial charge in [0.15, 0.2) is 0 Å². The molecule has 1 amide bonds. The Hall–Kier alpha value is -1.36. The van der Waals surface area contributed by atoms with Crippen LogP contribution in [0.2, 0.25) is 0 Å². The summed E-state index contributed by atoms with van der Waals surface area (Å²) in [4.78, 5) is 14.6. The lowest BCUT2D eigenvalue weighted by Gasteiger charge is -2.29. The molecule has 1 aromatic rings. The average Bonchev–Trinajstić information content (AvgIpc) is 3.23. The number of amides is 1. The number of carbonyl (C=O) groups is 1. The summed E-state index contributed by atoms with van der Waals surface area (Å²) in [6.45, 7) is 0.928. The Bertz CT molecular complexity index is 467. The number of aromatic amines is 1. The Labute approximate surface area is 119 Å². The molecule has 2 aliphatic rings. The largest absolute Gasteiger partial charge is 0.396 e. The monoisotopic (exact) mass is 277 g/mol. The summed E-state index contributed by atoms with van der Waals surface area (Å²) in [5.41, 5.74) is 1.64. The number of hydrogen-bond donors (Lipinski definition) is 2. The number of hydrogen-bond acceptors (Lipinski definition) is 3. The highest BCUT2D eigenvalue weighted by Gasteiger charge is 2.30. The van der Waals surface area contributed by atoms with Crippen molar-refractivity contribution in [3.8, 4) is 0 Å². The molecule has 2 N–H and O–H groups in total. The van der Waals surface area contributed by atoms with Crippen molar-refractivity contribution in [1.82, 2.24) is 15.1 Å². The van der Waals surface area contributed by atoms with Gasteiger partial charge >= 0.3 is 0 Å². The van der Waals surface area contributed by atoms with Crippen molar-refractivity contribution in [2.45, 2.75) is 56.9 Å². The molecular weight excluding hydrogens is 254 g/mol. The fourth-order valence-electron chi connectivity index (χ4n) is 3.09. The number of carbonyl (C=O) groups excluding carboxylic acids is 1. The van der Waals surface area contributed by atoms with Crippen LogP contribution in [0.4, 0.5) is 0 Å². The molecule has 0 spiro atoms. The Balaban J connectivity index is 1.74. The van der Waals surface area contributed by atoms with Gasteiger partial charge in [-0.2, -0.15) is 5.10 Å². The number of H-pyrrole nitrogens is 1. The summed E-state index contributed by atoms with van der Waals surface area (Å²) in [7, 11) is 0. The average molecular weight is 277 g/mol. The van der Waals surface area contributed by atoms with E-state index in [9.17, 15) is 9.90 Å². The Kier molecular flexibility index (Phi) is 4.05. The third-order valence-electron chi connectivity index (χ3n) is 4.43. The van der Waals surface area contributed by atoms with Crippen LogP contribution in [-0.2, 0) is 0 Å². The van der Waals surface area contributed by atoms with Gasteiger partial charge in [-0.25, -0.2) is 0 Å². The maximum Gasteiger partial charge on any atom is 0.274 e. The van der Waals surface area contributed by atoms with Gasteiger partial charge in [0.25, 0.3) is 5.91 Å². The summed E-state index contributed by atoms with van der Waals surface area (Å²) in [5, 5.41) is 16.4. The molecule has 5 nitrogen and oxygen atoms in total. The highest BCUT2D eigenvalue weighted by molar-refractivity contribution is 5.92. The number of nitrogens with one attached hydrogen (secondary N) is 1. The summed E-state index contributed by atoms with van der Waals surface area (Å²) in [6, 6.07) is 2.08. The summed E-state index contributed by atoms with van der Waals surface area (Å²) in [5.74, 6) is 0.606. The fourth-order valence-corrected chi connectivity index (χ4v) is 3.09. The minimum absolute atomic E-state index is 0.0218. The van der Waals surface area contributed by atoms with Gasteiger partial charge in [0.2, 0.25) is 0 Å². The maximum absolute atomic E-state index is 12.7. The lowest BCUT2D eigenvalue weighted by molar-refractivity contribution is 0.0647. The molecule has 1 saturated carbocycles. The molecule has 2 fully saturated rings. The van der Waals surface area contributed by atoms with Gasteiger partial charge in [-0.15, -0.1) is 0 Å². The summed E-state index contributed by atoms with van der Waals surface area (Å²) < 4.78 is 0. The molecule has 0 bridgehead atoms. The first-order chi connectivity index (χ1) is 9.79. The van der Waals surface area contributed by atoms with Gasteiger partial charge in [0.1, 0.15) is 5.69 Å². The van der Waals surface area contributed by atoms with Gasteiger partial charge in [-0.05, 0) is 38.2 Å². The summed E-state index contributed by atoms with van der Waals surface area (Å²) in [6.07, 6.45) is 7.42. The zero-order chi connectivity index (χ0) is 13.9. The van der Waals surface area contributed by atoms with Gasteiger partial charge < -0.3 is 10.0 Å². The summed E-state index contributed by atoms with van der Waals surface area (Å²) >= 11 is 0. The van der Waals surface area contributed by atoms with Gasteiger partial charge in [0.05, 0.1) is 0 Å². The zero-order valence-corrected chi connectivity index (χ0v) is 11.8. The van der Waals surface area contributed by atoms with Crippen LogP contribution in [0.3, 0.4) is 0 Å². The normalized spacial score (nSPS) is 23.6. The first kappa shape index (κ1) is 13.6. The van der Waals surface area contributed by atoms with Crippen molar-refractivity contribution < 1.29 is 9.90 Å². The molecule has 3 rings (SSSR count). The van der Waals surface area contributed by atoms with E-state index >= 15 is 0 Å². The first-order valence-electron chi connectivity index (χ1n) is 7.76. The number of aliphatic hydroxyl groups is 1. The van der Waals surface area contributed by atoms with Crippen molar-refractivity contribution in [1.29, 1.82) is 0 Å². The van der Waals surface area contributed by atoms with E-state index in [1.807, 2.05) is 11.0 Å². The Morgan fingerprint density at radius 3 is 2.95 bits per heavy atom. The van der Waals surface area contributed by atoms with Crippen LogP contribution in [0.5, 0.6) is 0 Å². The Morgan fingerprint density at radius 1 is 1.35 bits per heavy atom. The highest BCUT2D eigenvalue weighted by atomic mass is 16.3. The molecule has 1 aliphatic carbocycles. The predicted octanol–water partition coefficient (Wildman–Crippen LogP) is 2.05. The van der Waals surface area contributed by atoms with Crippen molar-refractivity contribution >= 4 is 5.91 Å². The van der Waals surface area contributed by atoms with Gasteiger partial charge in [-0.1, -0.05) is 12.8 Å². The van der Waals surface area contributed by atoms with E-state index in [0.29, 0.717) is 18.0 Å².